The van der Waals surface area contributed by atoms with Crippen LogP contribution in [0.3, 0.4) is 0 Å². The van der Waals surface area contributed by atoms with E-state index < -0.39 is 10.2 Å². The summed E-state index contributed by atoms with van der Waals surface area (Å²) in [6.07, 6.45) is 0.768. The van der Waals surface area contributed by atoms with E-state index in [1.165, 1.54) is 0 Å². The highest BCUT2D eigenvalue weighted by atomic mass is 32.2. The second-order valence-electron chi connectivity index (χ2n) is 5.62. The average molecular weight is 298 g/mol. The van der Waals surface area contributed by atoms with Crippen LogP contribution < -0.4 is 9.44 Å². The van der Waals surface area contributed by atoms with Crippen LogP contribution in [-0.2, 0) is 10.2 Å². The first-order valence-electron chi connectivity index (χ1n) is 7.18. The van der Waals surface area contributed by atoms with Gasteiger partial charge in [0.25, 0.3) is 10.2 Å². The molecule has 0 bridgehead atoms. The van der Waals surface area contributed by atoms with E-state index in [0.29, 0.717) is 6.54 Å². The minimum Gasteiger partial charge on any atom is -0.271 e. The first kappa shape index (κ1) is 17.0. The van der Waals surface area contributed by atoms with E-state index >= 15 is 0 Å². The predicted octanol–water partition coefficient (Wildman–Crippen LogP) is 3.59. The van der Waals surface area contributed by atoms with E-state index in [2.05, 4.69) is 37.1 Å². The predicted molar refractivity (Wildman–Crippen MR) is 85.5 cm³/mol. The summed E-state index contributed by atoms with van der Waals surface area (Å²) >= 11 is 0. The molecular weight excluding hydrogens is 272 g/mol. The maximum absolute atomic E-state index is 12.1. The summed E-state index contributed by atoms with van der Waals surface area (Å²) < 4.78 is 29.4. The molecule has 0 aliphatic carbocycles. The molecule has 5 heteroatoms. The SMILES string of the molecule is CCCNS(=O)(=O)Nc1c(C(C)C)cccc1C(C)C. The Bertz CT molecular complexity index is 511. The third-order valence-electron chi connectivity index (χ3n) is 3.15. The molecule has 0 spiro atoms. The quantitative estimate of drug-likeness (QED) is 0.808. The number of benzene rings is 1. The van der Waals surface area contributed by atoms with Crippen molar-refractivity contribution in [3.63, 3.8) is 0 Å². The van der Waals surface area contributed by atoms with Crippen molar-refractivity contribution in [2.75, 3.05) is 11.3 Å². The molecule has 0 unspecified atom stereocenters. The molecule has 0 radical (unpaired) electrons. The Kier molecular flexibility index (Phi) is 6.02. The van der Waals surface area contributed by atoms with Crippen molar-refractivity contribution in [2.45, 2.75) is 52.9 Å². The molecule has 0 saturated carbocycles. The molecule has 1 aromatic rings. The van der Waals surface area contributed by atoms with Crippen LogP contribution in [-0.4, -0.2) is 15.0 Å². The Labute approximate surface area is 123 Å². The first-order valence-corrected chi connectivity index (χ1v) is 8.67. The fourth-order valence-corrected chi connectivity index (χ4v) is 3.13. The Balaban J connectivity index is 3.20. The van der Waals surface area contributed by atoms with Gasteiger partial charge in [0, 0.05) is 6.54 Å². The van der Waals surface area contributed by atoms with Crippen molar-refractivity contribution in [1.82, 2.24) is 4.72 Å². The van der Waals surface area contributed by atoms with Gasteiger partial charge in [0.05, 0.1) is 5.69 Å². The summed E-state index contributed by atoms with van der Waals surface area (Å²) in [6, 6.07) is 5.95. The number of anilines is 1. The fraction of sp³-hybridized carbons (Fsp3) is 0.600. The summed E-state index contributed by atoms with van der Waals surface area (Å²) in [6.45, 7) is 10.6. The molecule has 2 N–H and O–H groups in total. The van der Waals surface area contributed by atoms with Crippen molar-refractivity contribution in [3.05, 3.63) is 29.3 Å². The molecule has 0 aromatic heterocycles. The maximum Gasteiger partial charge on any atom is 0.299 e. The van der Waals surface area contributed by atoms with Crippen LogP contribution in [0.15, 0.2) is 18.2 Å². The van der Waals surface area contributed by atoms with Crippen LogP contribution in [0.5, 0.6) is 0 Å². The molecule has 0 fully saturated rings. The van der Waals surface area contributed by atoms with Gasteiger partial charge >= 0.3 is 0 Å². The third-order valence-corrected chi connectivity index (χ3v) is 4.21. The molecular formula is C15H26N2O2S. The standard InChI is InChI=1S/C15H26N2O2S/c1-6-10-16-20(18,19)17-15-13(11(2)3)8-7-9-14(15)12(4)5/h7-9,11-12,16-17H,6,10H2,1-5H3. The summed E-state index contributed by atoms with van der Waals surface area (Å²) in [5, 5.41) is 0. The Hall–Kier alpha value is -1.07. The van der Waals surface area contributed by atoms with Crippen molar-refractivity contribution < 1.29 is 8.42 Å². The van der Waals surface area contributed by atoms with Crippen molar-refractivity contribution in [1.29, 1.82) is 0 Å². The molecule has 0 saturated heterocycles. The molecule has 0 heterocycles. The first-order chi connectivity index (χ1) is 9.28. The van der Waals surface area contributed by atoms with Crippen LogP contribution in [0.4, 0.5) is 5.69 Å². The van der Waals surface area contributed by atoms with Gasteiger partial charge in [-0.3, -0.25) is 4.72 Å². The van der Waals surface area contributed by atoms with Crippen molar-refractivity contribution >= 4 is 15.9 Å². The maximum atomic E-state index is 12.1. The van der Waals surface area contributed by atoms with E-state index in [9.17, 15) is 8.42 Å². The molecule has 0 atom stereocenters. The second-order valence-corrected chi connectivity index (χ2v) is 7.12. The van der Waals surface area contributed by atoms with E-state index in [4.69, 9.17) is 0 Å². The average Bonchev–Trinajstić information content (AvgIpc) is 2.35. The molecule has 1 rings (SSSR count). The van der Waals surface area contributed by atoms with Gasteiger partial charge in [0.15, 0.2) is 0 Å². The minimum atomic E-state index is -3.51. The van der Waals surface area contributed by atoms with E-state index in [0.717, 1.165) is 23.2 Å². The lowest BCUT2D eigenvalue weighted by atomic mass is 9.93. The molecule has 4 nitrogen and oxygen atoms in total. The van der Waals surface area contributed by atoms with Crippen molar-refractivity contribution in [2.24, 2.45) is 0 Å². The van der Waals surface area contributed by atoms with E-state index in [1.54, 1.807) is 0 Å². The van der Waals surface area contributed by atoms with Crippen LogP contribution in [0.2, 0.25) is 0 Å². The zero-order chi connectivity index (χ0) is 15.3. The number of hydrogen-bond donors (Lipinski definition) is 2. The van der Waals surface area contributed by atoms with Crippen LogP contribution in [0.25, 0.3) is 0 Å². The van der Waals surface area contributed by atoms with Gasteiger partial charge in [-0.25, -0.2) is 0 Å². The monoisotopic (exact) mass is 298 g/mol. The normalized spacial score (nSPS) is 12.2. The van der Waals surface area contributed by atoms with Crippen LogP contribution >= 0.6 is 0 Å². The minimum absolute atomic E-state index is 0.262. The van der Waals surface area contributed by atoms with Gasteiger partial charge in [-0.1, -0.05) is 52.8 Å². The third kappa shape index (κ3) is 4.49. The second kappa shape index (κ2) is 7.09. The topological polar surface area (TPSA) is 58.2 Å². The highest BCUT2D eigenvalue weighted by molar-refractivity contribution is 7.90. The summed E-state index contributed by atoms with van der Waals surface area (Å²) in [5.74, 6) is 0.523. The van der Waals surface area contributed by atoms with Gasteiger partial charge in [0.1, 0.15) is 0 Å². The van der Waals surface area contributed by atoms with Crippen LogP contribution in [0.1, 0.15) is 64.0 Å². The van der Waals surface area contributed by atoms with E-state index in [-0.39, 0.29) is 11.8 Å². The zero-order valence-electron chi connectivity index (χ0n) is 13.0. The van der Waals surface area contributed by atoms with Gasteiger partial charge in [0.2, 0.25) is 0 Å². The largest absolute Gasteiger partial charge is 0.299 e. The summed E-state index contributed by atoms with van der Waals surface area (Å²) in [4.78, 5) is 0. The van der Waals surface area contributed by atoms with E-state index in [1.807, 2.05) is 25.1 Å². The van der Waals surface area contributed by atoms with Gasteiger partial charge in [-0.2, -0.15) is 13.1 Å². The molecule has 20 heavy (non-hydrogen) atoms. The number of nitrogens with one attached hydrogen (secondary N) is 2. The van der Waals surface area contributed by atoms with Gasteiger partial charge in [-0.05, 0) is 29.4 Å². The zero-order valence-corrected chi connectivity index (χ0v) is 13.8. The molecule has 0 aliphatic heterocycles. The number of rotatable bonds is 7. The molecule has 0 amide bonds. The Morgan fingerprint density at radius 3 is 1.95 bits per heavy atom. The van der Waals surface area contributed by atoms with Gasteiger partial charge in [-0.15, -0.1) is 0 Å². The lowest BCUT2D eigenvalue weighted by Gasteiger charge is -2.20. The smallest absolute Gasteiger partial charge is 0.271 e. The summed E-state index contributed by atoms with van der Waals surface area (Å²) in [5.41, 5.74) is 2.78. The fourth-order valence-electron chi connectivity index (χ4n) is 2.08. The van der Waals surface area contributed by atoms with Gasteiger partial charge < -0.3 is 0 Å². The lowest BCUT2D eigenvalue weighted by Crippen LogP contribution is -2.31. The van der Waals surface area contributed by atoms with Crippen molar-refractivity contribution in [3.8, 4) is 0 Å². The highest BCUT2D eigenvalue weighted by Gasteiger charge is 2.18. The highest BCUT2D eigenvalue weighted by Crippen LogP contribution is 2.32. The summed E-state index contributed by atoms with van der Waals surface area (Å²) in [7, 11) is -3.51. The molecule has 114 valence electrons. The number of para-hydroxylation sites is 1. The lowest BCUT2D eigenvalue weighted by molar-refractivity contribution is 0.586. The molecule has 0 aliphatic rings. The Morgan fingerprint density at radius 1 is 1.05 bits per heavy atom. The van der Waals surface area contributed by atoms with Crippen LogP contribution in [0, 0.1) is 0 Å². The number of hydrogen-bond acceptors (Lipinski definition) is 2. The molecule has 1 aromatic carbocycles. The Morgan fingerprint density at radius 2 is 1.55 bits per heavy atom.